The van der Waals surface area contributed by atoms with E-state index in [9.17, 15) is 9.59 Å². The summed E-state index contributed by atoms with van der Waals surface area (Å²) in [6, 6.07) is 6.30. The van der Waals surface area contributed by atoms with Crippen LogP contribution in [0.3, 0.4) is 0 Å². The molecule has 0 spiro atoms. The number of hydrogen-bond donors (Lipinski definition) is 0. The van der Waals surface area contributed by atoms with Crippen LogP contribution in [0.2, 0.25) is 0 Å². The number of benzene rings is 1. The minimum Gasteiger partial charge on any atom is -0.434 e. The Bertz CT molecular complexity index is 397. The Hall–Kier alpha value is -1.84. The van der Waals surface area contributed by atoms with E-state index in [0.717, 1.165) is 19.1 Å². The van der Waals surface area contributed by atoms with Gasteiger partial charge in [-0.15, -0.1) is 0 Å². The minimum absolute atomic E-state index is 0.378. The molecular formula is C16H22O4. The van der Waals surface area contributed by atoms with Crippen molar-refractivity contribution in [2.45, 2.75) is 45.4 Å². The highest BCUT2D eigenvalue weighted by Gasteiger charge is 2.05. The molecule has 1 rings (SSSR count). The molecule has 0 aromatic heterocycles. The molecule has 0 atom stereocenters. The average molecular weight is 278 g/mol. The van der Waals surface area contributed by atoms with Gasteiger partial charge in [-0.2, -0.15) is 0 Å². The van der Waals surface area contributed by atoms with Gasteiger partial charge in [-0.3, -0.25) is 4.79 Å². The summed E-state index contributed by atoms with van der Waals surface area (Å²) in [6.45, 7) is 2.57. The van der Waals surface area contributed by atoms with E-state index in [-0.39, 0.29) is 0 Å². The van der Waals surface area contributed by atoms with Gasteiger partial charge in [-0.1, -0.05) is 39.0 Å². The molecule has 0 saturated heterocycles. The van der Waals surface area contributed by atoms with E-state index >= 15 is 0 Å². The second kappa shape index (κ2) is 10.0. The van der Waals surface area contributed by atoms with Gasteiger partial charge in [-0.05, 0) is 30.7 Å². The number of carbonyl (C=O) groups excluding carboxylic acids is 2. The summed E-state index contributed by atoms with van der Waals surface area (Å²) in [5.41, 5.74) is 0.540. The van der Waals surface area contributed by atoms with Crippen LogP contribution in [-0.2, 0) is 4.74 Å². The number of aldehydes is 1. The topological polar surface area (TPSA) is 52.6 Å². The molecule has 0 radical (unpaired) electrons. The summed E-state index contributed by atoms with van der Waals surface area (Å²) in [6.07, 6.45) is 6.89. The maximum atomic E-state index is 11.4. The first-order chi connectivity index (χ1) is 9.76. The Kier molecular flexibility index (Phi) is 8.11. The van der Waals surface area contributed by atoms with Gasteiger partial charge >= 0.3 is 6.16 Å². The fourth-order valence-corrected chi connectivity index (χ4v) is 1.78. The zero-order valence-corrected chi connectivity index (χ0v) is 12.0. The first-order valence-electron chi connectivity index (χ1n) is 7.16. The van der Waals surface area contributed by atoms with Crippen molar-refractivity contribution in [1.82, 2.24) is 0 Å². The van der Waals surface area contributed by atoms with Crippen molar-refractivity contribution in [2.24, 2.45) is 0 Å². The lowest BCUT2D eigenvalue weighted by Gasteiger charge is -2.06. The minimum atomic E-state index is -0.697. The smallest absolute Gasteiger partial charge is 0.434 e. The van der Waals surface area contributed by atoms with E-state index in [1.165, 1.54) is 25.7 Å². The van der Waals surface area contributed by atoms with Crippen molar-refractivity contribution in [3.63, 3.8) is 0 Å². The van der Waals surface area contributed by atoms with Crippen LogP contribution in [0.15, 0.2) is 24.3 Å². The number of hydrogen-bond acceptors (Lipinski definition) is 4. The molecule has 0 aliphatic heterocycles. The lowest BCUT2D eigenvalue weighted by atomic mass is 10.1. The molecule has 0 bridgehead atoms. The van der Waals surface area contributed by atoms with Gasteiger partial charge in [0.25, 0.3) is 0 Å². The molecule has 4 nitrogen and oxygen atoms in total. The third-order valence-corrected chi connectivity index (χ3v) is 2.94. The van der Waals surface area contributed by atoms with Gasteiger partial charge in [0.05, 0.1) is 6.61 Å². The first-order valence-corrected chi connectivity index (χ1v) is 7.16. The van der Waals surface area contributed by atoms with E-state index in [4.69, 9.17) is 9.47 Å². The van der Waals surface area contributed by atoms with Crippen LogP contribution >= 0.6 is 0 Å². The summed E-state index contributed by atoms with van der Waals surface area (Å²) < 4.78 is 9.96. The predicted octanol–water partition coefficient (Wildman–Crippen LogP) is 4.38. The van der Waals surface area contributed by atoms with Gasteiger partial charge in [0.15, 0.2) is 0 Å². The van der Waals surface area contributed by atoms with Gasteiger partial charge in [0, 0.05) is 5.56 Å². The Balaban J connectivity index is 2.12. The van der Waals surface area contributed by atoms with E-state index < -0.39 is 6.16 Å². The van der Waals surface area contributed by atoms with E-state index in [1.54, 1.807) is 24.3 Å². The highest BCUT2D eigenvalue weighted by Crippen LogP contribution is 2.12. The van der Waals surface area contributed by atoms with Crippen molar-refractivity contribution in [2.75, 3.05) is 6.61 Å². The molecule has 0 unspecified atom stereocenters. The fraction of sp³-hybridized carbons (Fsp3) is 0.500. The summed E-state index contributed by atoms with van der Waals surface area (Å²) in [5.74, 6) is 0.378. The lowest BCUT2D eigenvalue weighted by Crippen LogP contribution is -2.11. The van der Waals surface area contributed by atoms with Gasteiger partial charge < -0.3 is 9.47 Å². The molecule has 0 saturated carbocycles. The third kappa shape index (κ3) is 6.92. The zero-order chi connectivity index (χ0) is 14.6. The second-order valence-corrected chi connectivity index (χ2v) is 4.66. The molecule has 0 heterocycles. The number of ether oxygens (including phenoxy) is 2. The molecule has 1 aromatic carbocycles. The lowest BCUT2D eigenvalue weighted by molar-refractivity contribution is 0.0973. The molecule has 0 fully saturated rings. The monoisotopic (exact) mass is 278 g/mol. The quantitative estimate of drug-likeness (QED) is 0.291. The Morgan fingerprint density at radius 1 is 1.05 bits per heavy atom. The molecule has 20 heavy (non-hydrogen) atoms. The Labute approximate surface area is 120 Å². The Morgan fingerprint density at radius 3 is 2.35 bits per heavy atom. The van der Waals surface area contributed by atoms with Crippen molar-refractivity contribution >= 4 is 12.4 Å². The molecule has 0 N–H and O–H groups in total. The number of carbonyl (C=O) groups is 2. The predicted molar refractivity (Wildman–Crippen MR) is 77.2 cm³/mol. The van der Waals surface area contributed by atoms with Crippen molar-refractivity contribution in [3.8, 4) is 5.75 Å². The summed E-state index contributed by atoms with van der Waals surface area (Å²) in [4.78, 5) is 21.9. The molecule has 1 aromatic rings. The molecule has 0 aliphatic carbocycles. The normalized spacial score (nSPS) is 10.1. The van der Waals surface area contributed by atoms with Crippen molar-refractivity contribution in [3.05, 3.63) is 29.8 Å². The van der Waals surface area contributed by atoms with E-state index in [0.29, 0.717) is 17.9 Å². The van der Waals surface area contributed by atoms with Crippen molar-refractivity contribution < 1.29 is 19.1 Å². The maximum Gasteiger partial charge on any atom is 0.513 e. The van der Waals surface area contributed by atoms with Crippen LogP contribution in [0.4, 0.5) is 4.79 Å². The zero-order valence-electron chi connectivity index (χ0n) is 12.0. The Morgan fingerprint density at radius 2 is 1.70 bits per heavy atom. The molecule has 4 heteroatoms. The summed E-state index contributed by atoms with van der Waals surface area (Å²) >= 11 is 0. The summed E-state index contributed by atoms with van der Waals surface area (Å²) in [5, 5.41) is 0. The molecule has 110 valence electrons. The van der Waals surface area contributed by atoms with Crippen LogP contribution < -0.4 is 4.74 Å². The molecule has 0 aliphatic rings. The largest absolute Gasteiger partial charge is 0.513 e. The molecular weight excluding hydrogens is 256 g/mol. The average Bonchev–Trinajstić information content (AvgIpc) is 2.47. The number of rotatable bonds is 9. The van der Waals surface area contributed by atoms with E-state index in [1.807, 2.05) is 0 Å². The first kappa shape index (κ1) is 16.2. The highest BCUT2D eigenvalue weighted by atomic mass is 16.7. The van der Waals surface area contributed by atoms with E-state index in [2.05, 4.69) is 6.92 Å². The maximum absolute atomic E-state index is 11.4. The van der Waals surface area contributed by atoms with Gasteiger partial charge in [-0.25, -0.2) is 4.79 Å². The van der Waals surface area contributed by atoms with Gasteiger partial charge in [0.1, 0.15) is 12.0 Å². The third-order valence-electron chi connectivity index (χ3n) is 2.94. The SMILES string of the molecule is CCCCCCCCOC(=O)Oc1ccc(C=O)cc1. The van der Waals surface area contributed by atoms with Crippen LogP contribution in [-0.4, -0.2) is 19.0 Å². The fourth-order valence-electron chi connectivity index (χ4n) is 1.78. The second-order valence-electron chi connectivity index (χ2n) is 4.66. The molecule has 0 amide bonds. The number of unbranched alkanes of at least 4 members (excludes halogenated alkanes) is 5. The van der Waals surface area contributed by atoms with Crippen LogP contribution in [0.1, 0.15) is 55.8 Å². The van der Waals surface area contributed by atoms with Crippen molar-refractivity contribution in [1.29, 1.82) is 0 Å². The standard InChI is InChI=1S/C16H22O4/c1-2-3-4-5-6-7-12-19-16(18)20-15-10-8-14(13-17)9-11-15/h8-11,13H,2-7,12H2,1H3. The van der Waals surface area contributed by atoms with Crippen LogP contribution in [0.5, 0.6) is 5.75 Å². The van der Waals surface area contributed by atoms with Gasteiger partial charge in [0.2, 0.25) is 0 Å². The van der Waals surface area contributed by atoms with Crippen LogP contribution in [0, 0.1) is 0 Å². The highest BCUT2D eigenvalue weighted by molar-refractivity contribution is 5.75. The summed E-state index contributed by atoms with van der Waals surface area (Å²) in [7, 11) is 0. The van der Waals surface area contributed by atoms with Crippen LogP contribution in [0.25, 0.3) is 0 Å².